The van der Waals surface area contributed by atoms with Crippen LogP contribution < -0.4 is 0 Å². The third-order valence-corrected chi connectivity index (χ3v) is 5.92. The van der Waals surface area contributed by atoms with E-state index in [1.54, 1.807) is 24.8 Å². The number of allylic oxidation sites excluding steroid dienone is 2. The van der Waals surface area contributed by atoms with Crippen LogP contribution in [0.1, 0.15) is 21.5 Å². The molecule has 3 nitrogen and oxygen atoms in total. The summed E-state index contributed by atoms with van der Waals surface area (Å²) in [5, 5.41) is 9.71. The molecular weight excluding hydrogens is 353 g/mol. The van der Waals surface area contributed by atoms with Gasteiger partial charge in [-0.05, 0) is 24.1 Å². The van der Waals surface area contributed by atoms with Crippen molar-refractivity contribution in [1.29, 1.82) is 0 Å². The molecule has 3 unspecified atom stereocenters. The first-order valence-electron chi connectivity index (χ1n) is 7.18. The maximum atomic E-state index is 11.3. The van der Waals surface area contributed by atoms with Crippen molar-refractivity contribution in [3.63, 3.8) is 0 Å². The van der Waals surface area contributed by atoms with Crippen LogP contribution in [0.25, 0.3) is 0 Å². The summed E-state index contributed by atoms with van der Waals surface area (Å²) >= 11 is 13.9. The van der Waals surface area contributed by atoms with Crippen LogP contribution in [-0.4, -0.2) is 38.7 Å². The molecule has 0 spiro atoms. The number of alkyl halides is 2. The second-order valence-corrected chi connectivity index (χ2v) is 7.53. The number of carbonyl (C=O) groups is 1. The maximum Gasteiger partial charge on any atom is 0.335 e. The molecule has 2 aliphatic rings. The fourth-order valence-electron chi connectivity index (χ4n) is 2.55. The number of aromatic carboxylic acids is 1. The minimum Gasteiger partial charge on any atom is -0.478 e. The molecule has 0 saturated heterocycles. The van der Waals surface area contributed by atoms with E-state index in [1.807, 2.05) is 30.4 Å². The van der Waals surface area contributed by atoms with Crippen LogP contribution in [0.15, 0.2) is 47.0 Å². The van der Waals surface area contributed by atoms with Crippen molar-refractivity contribution in [3.05, 3.63) is 58.7 Å². The van der Waals surface area contributed by atoms with Crippen LogP contribution in [0.5, 0.6) is 0 Å². The van der Waals surface area contributed by atoms with Gasteiger partial charge in [0.1, 0.15) is 0 Å². The lowest BCUT2D eigenvalue weighted by molar-refractivity contribution is 0.0696. The summed E-state index contributed by atoms with van der Waals surface area (Å²) in [5.74, 6) is -0.0983. The third kappa shape index (κ3) is 3.49. The van der Waals surface area contributed by atoms with Gasteiger partial charge >= 0.3 is 5.97 Å². The number of carboxylic acid groups (broad SMARTS) is 1. The van der Waals surface area contributed by atoms with Crippen molar-refractivity contribution in [3.8, 4) is 0 Å². The molecule has 1 aromatic carbocycles. The fourth-order valence-corrected chi connectivity index (χ4v) is 4.00. The van der Waals surface area contributed by atoms with Crippen LogP contribution in [0.3, 0.4) is 0 Å². The highest BCUT2D eigenvalue weighted by atomic mass is 35.5. The predicted octanol–water partition coefficient (Wildman–Crippen LogP) is 4.27. The lowest BCUT2D eigenvalue weighted by Gasteiger charge is -2.17. The standard InChI is InChI=1S/C17H15Cl2NO2S/c1-9-2-3-11(6-12(9)17(21)22)16-20-15(8-23-16)10-4-5-13(18)14(19)7-10/h2-7,13-15H,8H2,1H3,(H,21,22). The Morgan fingerprint density at radius 3 is 2.83 bits per heavy atom. The van der Waals surface area contributed by atoms with Crippen LogP contribution in [0.4, 0.5) is 0 Å². The van der Waals surface area contributed by atoms with Gasteiger partial charge in [0, 0.05) is 11.3 Å². The van der Waals surface area contributed by atoms with Crippen LogP contribution in [0.2, 0.25) is 0 Å². The van der Waals surface area contributed by atoms with E-state index in [9.17, 15) is 9.90 Å². The number of halogens is 2. The van der Waals surface area contributed by atoms with Crippen molar-refractivity contribution in [2.45, 2.75) is 23.7 Å². The molecule has 0 aromatic heterocycles. The number of thioether (sulfide) groups is 1. The summed E-state index contributed by atoms with van der Waals surface area (Å²) in [6.45, 7) is 1.79. The van der Waals surface area contributed by atoms with Crippen molar-refractivity contribution < 1.29 is 9.90 Å². The molecule has 120 valence electrons. The van der Waals surface area contributed by atoms with E-state index < -0.39 is 5.97 Å². The van der Waals surface area contributed by atoms with Crippen molar-refractivity contribution in [1.82, 2.24) is 0 Å². The largest absolute Gasteiger partial charge is 0.478 e. The van der Waals surface area contributed by atoms with Crippen LogP contribution in [-0.2, 0) is 0 Å². The Morgan fingerprint density at radius 1 is 1.35 bits per heavy atom. The average molecular weight is 368 g/mol. The number of aliphatic imine (C=N–C) groups is 1. The maximum absolute atomic E-state index is 11.3. The summed E-state index contributed by atoms with van der Waals surface area (Å²) in [5.41, 5.74) is 2.97. The SMILES string of the molecule is Cc1ccc(C2=NC(C3=CC(Cl)C(Cl)C=C3)CS2)cc1C(=O)O. The van der Waals surface area contributed by atoms with Crippen LogP contribution >= 0.6 is 35.0 Å². The van der Waals surface area contributed by atoms with Crippen molar-refractivity contribution >= 4 is 46.0 Å². The topological polar surface area (TPSA) is 49.7 Å². The molecule has 1 aliphatic carbocycles. The lowest BCUT2D eigenvalue weighted by Crippen LogP contribution is -2.18. The number of benzene rings is 1. The zero-order valence-corrected chi connectivity index (χ0v) is 14.7. The molecular formula is C17H15Cl2NO2S. The van der Waals surface area contributed by atoms with E-state index in [1.165, 1.54) is 0 Å². The molecule has 23 heavy (non-hydrogen) atoms. The highest BCUT2D eigenvalue weighted by Gasteiger charge is 2.26. The zero-order valence-electron chi connectivity index (χ0n) is 12.4. The van der Waals surface area contributed by atoms with Crippen LogP contribution in [0, 0.1) is 6.92 Å². The molecule has 0 radical (unpaired) electrons. The van der Waals surface area contributed by atoms with Gasteiger partial charge in [0.15, 0.2) is 0 Å². The molecule has 0 bridgehead atoms. The first-order valence-corrected chi connectivity index (χ1v) is 9.04. The Hall–Kier alpha value is -1.23. The number of hydrogen-bond acceptors (Lipinski definition) is 3. The smallest absolute Gasteiger partial charge is 0.335 e. The Morgan fingerprint density at radius 2 is 2.13 bits per heavy atom. The Balaban J connectivity index is 1.86. The molecule has 0 amide bonds. The van der Waals surface area contributed by atoms with E-state index in [0.717, 1.165) is 27.5 Å². The monoisotopic (exact) mass is 367 g/mol. The second kappa shape index (κ2) is 6.71. The molecule has 1 aliphatic heterocycles. The molecule has 0 fully saturated rings. The van der Waals surface area contributed by atoms with Gasteiger partial charge in [-0.2, -0.15) is 0 Å². The number of carboxylic acids is 1. The average Bonchev–Trinajstić information content (AvgIpc) is 3.00. The number of nitrogens with zero attached hydrogens (tertiary/aromatic N) is 1. The fraction of sp³-hybridized carbons (Fsp3) is 0.294. The summed E-state index contributed by atoms with van der Waals surface area (Å²) in [6.07, 6.45) is 5.82. The molecule has 3 rings (SSSR count). The molecule has 0 saturated carbocycles. The minimum absolute atomic E-state index is 0.0336. The first kappa shape index (κ1) is 16.6. The Labute approximate surface area is 149 Å². The summed E-state index contributed by atoms with van der Waals surface area (Å²) in [4.78, 5) is 16.0. The Bertz CT molecular complexity index is 742. The summed E-state index contributed by atoms with van der Waals surface area (Å²) in [6, 6.07) is 5.46. The summed E-state index contributed by atoms with van der Waals surface area (Å²) < 4.78 is 0. The van der Waals surface area contributed by atoms with Gasteiger partial charge in [-0.15, -0.1) is 35.0 Å². The van der Waals surface area contributed by atoms with E-state index >= 15 is 0 Å². The van der Waals surface area contributed by atoms with E-state index in [-0.39, 0.29) is 16.8 Å². The van der Waals surface area contributed by atoms with Gasteiger partial charge in [-0.1, -0.05) is 30.4 Å². The second-order valence-electron chi connectivity index (χ2n) is 5.51. The molecule has 6 heteroatoms. The van der Waals surface area contributed by atoms with Gasteiger partial charge in [0.25, 0.3) is 0 Å². The van der Waals surface area contributed by atoms with E-state index in [4.69, 9.17) is 28.2 Å². The van der Waals surface area contributed by atoms with Gasteiger partial charge in [0.2, 0.25) is 0 Å². The van der Waals surface area contributed by atoms with Gasteiger partial charge < -0.3 is 5.11 Å². The lowest BCUT2D eigenvalue weighted by atomic mass is 10.0. The normalized spacial score (nSPS) is 26.8. The third-order valence-electron chi connectivity index (χ3n) is 3.88. The molecule has 3 atom stereocenters. The molecule has 1 N–H and O–H groups in total. The molecule has 1 heterocycles. The quantitative estimate of drug-likeness (QED) is 0.811. The van der Waals surface area contributed by atoms with Crippen molar-refractivity contribution in [2.24, 2.45) is 4.99 Å². The number of aryl methyl sites for hydroxylation is 1. The highest BCUT2D eigenvalue weighted by Crippen LogP contribution is 2.31. The van der Waals surface area contributed by atoms with Crippen molar-refractivity contribution in [2.75, 3.05) is 5.75 Å². The first-order chi connectivity index (χ1) is 11.0. The van der Waals surface area contributed by atoms with Gasteiger partial charge in [-0.3, -0.25) is 4.99 Å². The van der Waals surface area contributed by atoms with Gasteiger partial charge in [-0.25, -0.2) is 4.79 Å². The predicted molar refractivity (Wildman–Crippen MR) is 97.4 cm³/mol. The van der Waals surface area contributed by atoms with E-state index in [0.29, 0.717) is 5.56 Å². The Kier molecular flexibility index (Phi) is 4.85. The zero-order chi connectivity index (χ0) is 16.6. The number of hydrogen-bond donors (Lipinski definition) is 1. The number of rotatable bonds is 3. The molecule has 1 aromatic rings. The van der Waals surface area contributed by atoms with E-state index in [2.05, 4.69) is 0 Å². The van der Waals surface area contributed by atoms with Gasteiger partial charge in [0.05, 0.1) is 27.4 Å². The minimum atomic E-state index is -0.916. The highest BCUT2D eigenvalue weighted by molar-refractivity contribution is 8.14. The summed E-state index contributed by atoms with van der Waals surface area (Å²) in [7, 11) is 0.